The zero-order valence-electron chi connectivity index (χ0n) is 21.5. The fraction of sp³-hybridized carbons (Fsp3) is 0.480. The molecule has 206 valence electrons. The summed E-state index contributed by atoms with van der Waals surface area (Å²) in [5, 5.41) is 9.18. The number of nitrogens with one attached hydrogen (secondary N) is 3. The van der Waals surface area contributed by atoms with Crippen molar-refractivity contribution in [1.29, 1.82) is 0 Å². The molecule has 1 aromatic heterocycles. The van der Waals surface area contributed by atoms with Gasteiger partial charge in [-0.05, 0) is 57.5 Å². The van der Waals surface area contributed by atoms with E-state index in [-0.39, 0.29) is 30.1 Å². The number of thiazole rings is 1. The normalized spacial score (nSPS) is 20.6. The van der Waals surface area contributed by atoms with Crippen LogP contribution in [0.4, 0.5) is 5.69 Å². The first kappa shape index (κ1) is 29.8. The maximum Gasteiger partial charge on any atom is 0.313 e. The molecule has 0 bridgehead atoms. The summed E-state index contributed by atoms with van der Waals surface area (Å²) in [7, 11) is 3.75. The summed E-state index contributed by atoms with van der Waals surface area (Å²) in [6, 6.07) is 5.37. The number of anilines is 1. The molecule has 0 unspecified atom stereocenters. The largest absolute Gasteiger partial charge is 0.346 e. The standard InChI is InChI=1S/C25H31ClN6O4S.ClH/c1-4-32(3)25(36)14-5-10-17(28-22(34)21(33)27-16-8-6-15(26)7-9-16)18(11-14)29-23(35)24-30-19-12-31(2)13-20(19)37-24;/h6-9,14,17-18H,4-5,10-13H2,1-3H3,(H,27,33)(H,28,34)(H,29,35);1H/t14-,17-,18+;/m0./s1. The lowest BCUT2D eigenvalue weighted by Crippen LogP contribution is -2.57. The Morgan fingerprint density at radius 1 is 1.08 bits per heavy atom. The minimum Gasteiger partial charge on any atom is -0.346 e. The molecule has 2 aliphatic rings. The number of fused-ring (bicyclic) bond motifs is 1. The van der Waals surface area contributed by atoms with E-state index in [4.69, 9.17) is 11.6 Å². The molecule has 4 amide bonds. The van der Waals surface area contributed by atoms with Crippen molar-refractivity contribution >= 4 is 64.7 Å². The Morgan fingerprint density at radius 2 is 1.79 bits per heavy atom. The highest BCUT2D eigenvalue weighted by molar-refractivity contribution is 7.13. The molecule has 0 saturated heterocycles. The van der Waals surface area contributed by atoms with Crippen LogP contribution in [0.1, 0.15) is 46.6 Å². The smallest absolute Gasteiger partial charge is 0.313 e. The maximum atomic E-state index is 13.1. The van der Waals surface area contributed by atoms with E-state index >= 15 is 0 Å². The lowest BCUT2D eigenvalue weighted by atomic mass is 9.81. The van der Waals surface area contributed by atoms with Gasteiger partial charge in [0, 0.05) is 54.2 Å². The molecule has 1 fully saturated rings. The number of carbonyl (C=O) groups is 4. The molecule has 4 rings (SSSR count). The maximum absolute atomic E-state index is 13.1. The van der Waals surface area contributed by atoms with Crippen LogP contribution in [0.5, 0.6) is 0 Å². The van der Waals surface area contributed by atoms with Gasteiger partial charge in [-0.25, -0.2) is 4.98 Å². The average Bonchev–Trinajstić information content (AvgIpc) is 3.43. The Balaban J connectivity index is 0.00000400. The summed E-state index contributed by atoms with van der Waals surface area (Å²) in [5.41, 5.74) is 1.34. The Kier molecular flexibility index (Phi) is 10.1. The lowest BCUT2D eigenvalue weighted by molar-refractivity contribution is -0.137. The molecule has 0 radical (unpaired) electrons. The highest BCUT2D eigenvalue weighted by Gasteiger charge is 2.38. The second-order valence-electron chi connectivity index (χ2n) is 9.54. The third kappa shape index (κ3) is 7.02. The summed E-state index contributed by atoms with van der Waals surface area (Å²) in [6.45, 7) is 3.94. The van der Waals surface area contributed by atoms with E-state index in [0.29, 0.717) is 48.1 Å². The quantitative estimate of drug-likeness (QED) is 0.450. The van der Waals surface area contributed by atoms with Gasteiger partial charge in [0.05, 0.1) is 11.7 Å². The summed E-state index contributed by atoms with van der Waals surface area (Å²) >= 11 is 7.23. The molecule has 3 N–H and O–H groups in total. The summed E-state index contributed by atoms with van der Waals surface area (Å²) in [4.78, 5) is 60.6. The van der Waals surface area contributed by atoms with Gasteiger partial charge in [0.2, 0.25) is 5.91 Å². The van der Waals surface area contributed by atoms with E-state index in [1.807, 2.05) is 14.0 Å². The second-order valence-corrected chi connectivity index (χ2v) is 11.1. The molecule has 38 heavy (non-hydrogen) atoms. The number of hydrogen-bond donors (Lipinski definition) is 3. The van der Waals surface area contributed by atoms with Crippen molar-refractivity contribution in [3.63, 3.8) is 0 Å². The Labute approximate surface area is 236 Å². The first-order chi connectivity index (χ1) is 17.6. The van der Waals surface area contributed by atoms with Crippen molar-refractivity contribution in [3.05, 3.63) is 44.9 Å². The fourth-order valence-electron chi connectivity index (χ4n) is 4.66. The van der Waals surface area contributed by atoms with E-state index in [0.717, 1.165) is 17.1 Å². The number of benzene rings is 1. The highest BCUT2D eigenvalue weighted by atomic mass is 35.5. The minimum atomic E-state index is -0.822. The van der Waals surface area contributed by atoms with E-state index in [1.165, 1.54) is 11.3 Å². The zero-order valence-corrected chi connectivity index (χ0v) is 23.8. The molecule has 2 heterocycles. The van der Waals surface area contributed by atoms with Crippen LogP contribution in [0.15, 0.2) is 24.3 Å². The predicted molar refractivity (Wildman–Crippen MR) is 148 cm³/mol. The first-order valence-electron chi connectivity index (χ1n) is 12.2. The van der Waals surface area contributed by atoms with E-state index in [1.54, 1.807) is 36.2 Å². The van der Waals surface area contributed by atoms with Crippen molar-refractivity contribution in [2.45, 2.75) is 51.4 Å². The SMILES string of the molecule is CCN(C)C(=O)[C@H]1CC[C@H](NC(=O)C(=O)Nc2ccc(Cl)cc2)[C@H](NC(=O)c2nc3c(s2)CN(C)C3)C1.Cl. The molecule has 10 nitrogen and oxygen atoms in total. The van der Waals surface area contributed by atoms with Crippen molar-refractivity contribution in [2.24, 2.45) is 5.92 Å². The fourth-order valence-corrected chi connectivity index (χ4v) is 5.84. The second kappa shape index (κ2) is 12.9. The van der Waals surface area contributed by atoms with Gasteiger partial charge in [-0.15, -0.1) is 23.7 Å². The molecule has 13 heteroatoms. The van der Waals surface area contributed by atoms with Crippen LogP contribution in [-0.4, -0.2) is 71.1 Å². The van der Waals surface area contributed by atoms with Crippen molar-refractivity contribution in [3.8, 4) is 0 Å². The monoisotopic (exact) mass is 582 g/mol. The number of amides is 4. The third-order valence-corrected chi connectivity index (χ3v) is 8.13. The van der Waals surface area contributed by atoms with Gasteiger partial charge in [0.1, 0.15) is 0 Å². The average molecular weight is 584 g/mol. The molecule has 1 aliphatic heterocycles. The molecule has 1 aliphatic carbocycles. The Bertz CT molecular complexity index is 1170. The Hall–Kier alpha value is -2.73. The predicted octanol–water partition coefficient (Wildman–Crippen LogP) is 2.66. The molecule has 0 spiro atoms. The highest BCUT2D eigenvalue weighted by Crippen LogP contribution is 2.29. The number of rotatable bonds is 6. The van der Waals surface area contributed by atoms with E-state index < -0.39 is 23.9 Å². The van der Waals surface area contributed by atoms with Crippen LogP contribution in [0.3, 0.4) is 0 Å². The van der Waals surface area contributed by atoms with Crippen LogP contribution in [0.25, 0.3) is 0 Å². The minimum absolute atomic E-state index is 0. The van der Waals surface area contributed by atoms with Gasteiger partial charge in [-0.3, -0.25) is 24.1 Å². The number of nitrogens with zero attached hydrogens (tertiary/aromatic N) is 3. The molecule has 2 aromatic rings. The molecular weight excluding hydrogens is 551 g/mol. The zero-order chi connectivity index (χ0) is 26.7. The van der Waals surface area contributed by atoms with Gasteiger partial charge in [0.15, 0.2) is 5.01 Å². The molecular formula is C25H32Cl2N6O4S. The number of carbonyl (C=O) groups excluding carboxylic acids is 4. The van der Waals surface area contributed by atoms with Crippen molar-refractivity contribution < 1.29 is 19.2 Å². The van der Waals surface area contributed by atoms with Crippen molar-refractivity contribution in [1.82, 2.24) is 25.4 Å². The van der Waals surface area contributed by atoms with Crippen LogP contribution < -0.4 is 16.0 Å². The van der Waals surface area contributed by atoms with Gasteiger partial charge in [-0.1, -0.05) is 11.6 Å². The van der Waals surface area contributed by atoms with Gasteiger partial charge in [0.25, 0.3) is 5.91 Å². The van der Waals surface area contributed by atoms with E-state index in [2.05, 4.69) is 25.8 Å². The van der Waals surface area contributed by atoms with Crippen LogP contribution in [-0.2, 0) is 27.5 Å². The number of aromatic nitrogens is 1. The first-order valence-corrected chi connectivity index (χ1v) is 13.4. The number of halogens is 2. The summed E-state index contributed by atoms with van der Waals surface area (Å²) < 4.78 is 0. The molecule has 1 saturated carbocycles. The van der Waals surface area contributed by atoms with Gasteiger partial charge >= 0.3 is 11.8 Å². The van der Waals surface area contributed by atoms with Crippen LogP contribution in [0.2, 0.25) is 5.02 Å². The number of hydrogen-bond acceptors (Lipinski definition) is 7. The molecule has 3 atom stereocenters. The van der Waals surface area contributed by atoms with Gasteiger partial charge < -0.3 is 20.9 Å². The van der Waals surface area contributed by atoms with Crippen LogP contribution in [0, 0.1) is 5.92 Å². The van der Waals surface area contributed by atoms with E-state index in [9.17, 15) is 19.2 Å². The topological polar surface area (TPSA) is 124 Å². The summed E-state index contributed by atoms with van der Waals surface area (Å²) in [6.07, 6.45) is 1.34. The lowest BCUT2D eigenvalue weighted by Gasteiger charge is -2.37. The Morgan fingerprint density at radius 3 is 2.45 bits per heavy atom. The van der Waals surface area contributed by atoms with Gasteiger partial charge in [-0.2, -0.15) is 0 Å². The summed E-state index contributed by atoms with van der Waals surface area (Å²) in [5.74, 6) is -2.26. The molecule has 1 aromatic carbocycles. The van der Waals surface area contributed by atoms with Crippen molar-refractivity contribution in [2.75, 3.05) is 26.0 Å². The van der Waals surface area contributed by atoms with Crippen LogP contribution >= 0.6 is 35.3 Å². The third-order valence-electron chi connectivity index (χ3n) is 6.80.